The van der Waals surface area contributed by atoms with Crippen molar-refractivity contribution in [3.8, 4) is 11.1 Å². The molecule has 0 aromatic heterocycles. The second-order valence-electron chi connectivity index (χ2n) is 6.91. The summed E-state index contributed by atoms with van der Waals surface area (Å²) in [7, 11) is 0. The van der Waals surface area contributed by atoms with Crippen molar-refractivity contribution in [1.82, 2.24) is 0 Å². The maximum Gasteiger partial charge on any atom is 0.00522 e. The van der Waals surface area contributed by atoms with Crippen molar-refractivity contribution in [3.05, 3.63) is 65.2 Å². The third-order valence-corrected chi connectivity index (χ3v) is 5.46. The third-order valence-electron chi connectivity index (χ3n) is 5.20. The minimum absolute atomic E-state index is 1.07. The molecule has 0 atom stereocenters. The molecule has 0 fully saturated rings. The van der Waals surface area contributed by atoms with Crippen molar-refractivity contribution >= 4 is 24.3 Å². The van der Waals surface area contributed by atoms with Crippen LogP contribution in [-0.4, -0.2) is 0 Å². The molecule has 2 aliphatic rings. The lowest BCUT2D eigenvalue weighted by atomic mass is 9.89. The SMILES string of the molecule is Sc1cc(C2=CCCCC2)cc(-c2cccc3c2CCCC=C3)c1. The molecular weight excluding hydrogens is 308 g/mol. The number of thiol groups is 1. The highest BCUT2D eigenvalue weighted by Gasteiger charge is 2.13. The van der Waals surface area contributed by atoms with Crippen LogP contribution in [0.3, 0.4) is 0 Å². The number of benzene rings is 2. The molecule has 0 bridgehead atoms. The Balaban J connectivity index is 1.82. The lowest BCUT2D eigenvalue weighted by Gasteiger charge is -2.17. The Kier molecular flexibility index (Phi) is 4.62. The molecule has 0 N–H and O–H groups in total. The van der Waals surface area contributed by atoms with Crippen LogP contribution in [0.5, 0.6) is 0 Å². The summed E-state index contributed by atoms with van der Waals surface area (Å²) in [6, 6.07) is 13.5. The summed E-state index contributed by atoms with van der Waals surface area (Å²) >= 11 is 4.70. The van der Waals surface area contributed by atoms with Crippen molar-refractivity contribution in [2.24, 2.45) is 0 Å². The quantitative estimate of drug-likeness (QED) is 0.565. The number of rotatable bonds is 2. The fourth-order valence-electron chi connectivity index (χ4n) is 3.97. The molecule has 1 heteroatoms. The van der Waals surface area contributed by atoms with Crippen molar-refractivity contribution in [2.75, 3.05) is 0 Å². The summed E-state index contributed by atoms with van der Waals surface area (Å²) in [6.07, 6.45) is 15.7. The maximum atomic E-state index is 4.70. The summed E-state index contributed by atoms with van der Waals surface area (Å²) in [6.45, 7) is 0. The summed E-state index contributed by atoms with van der Waals surface area (Å²) in [4.78, 5) is 1.07. The summed E-state index contributed by atoms with van der Waals surface area (Å²) in [5.41, 5.74) is 8.43. The van der Waals surface area contributed by atoms with Gasteiger partial charge in [0.1, 0.15) is 0 Å². The smallest absolute Gasteiger partial charge is 0.00522 e. The minimum Gasteiger partial charge on any atom is -0.143 e. The van der Waals surface area contributed by atoms with Gasteiger partial charge >= 0.3 is 0 Å². The monoisotopic (exact) mass is 332 g/mol. The molecule has 0 unspecified atom stereocenters. The zero-order valence-corrected chi connectivity index (χ0v) is 15.0. The van der Waals surface area contributed by atoms with Crippen LogP contribution in [0.4, 0.5) is 0 Å². The second-order valence-corrected chi connectivity index (χ2v) is 7.43. The van der Waals surface area contributed by atoms with E-state index in [1.807, 2.05) is 0 Å². The van der Waals surface area contributed by atoms with Gasteiger partial charge in [-0.1, -0.05) is 36.4 Å². The van der Waals surface area contributed by atoms with E-state index in [9.17, 15) is 0 Å². The predicted octanol–water partition coefficient (Wildman–Crippen LogP) is 6.95. The molecule has 0 aliphatic heterocycles. The van der Waals surface area contributed by atoms with Crippen LogP contribution in [-0.2, 0) is 6.42 Å². The van der Waals surface area contributed by atoms with Gasteiger partial charge in [-0.25, -0.2) is 0 Å². The Morgan fingerprint density at radius 2 is 1.75 bits per heavy atom. The average Bonchev–Trinajstić information content (AvgIpc) is 2.87. The second kappa shape index (κ2) is 7.03. The van der Waals surface area contributed by atoms with E-state index in [1.165, 1.54) is 71.9 Å². The number of allylic oxidation sites excluding steroid dienone is 3. The Hall–Kier alpha value is -1.73. The lowest BCUT2D eigenvalue weighted by molar-refractivity contribution is 0.742. The van der Waals surface area contributed by atoms with Crippen LogP contribution in [0.15, 0.2) is 53.4 Å². The Bertz CT molecular complexity index is 811. The molecule has 0 amide bonds. The Morgan fingerprint density at radius 1 is 0.833 bits per heavy atom. The van der Waals surface area contributed by atoms with Gasteiger partial charge in [-0.3, -0.25) is 0 Å². The summed E-state index contributed by atoms with van der Waals surface area (Å²) in [5, 5.41) is 0. The molecule has 0 spiro atoms. The molecule has 0 radical (unpaired) electrons. The van der Waals surface area contributed by atoms with Gasteiger partial charge in [0.05, 0.1) is 0 Å². The molecule has 0 nitrogen and oxygen atoms in total. The highest BCUT2D eigenvalue weighted by atomic mass is 32.1. The standard InChI is InChI=1S/C23H24S/c24-21-15-19(17-8-3-1-4-9-17)14-20(16-21)23-13-7-11-18-10-5-2-6-12-22(18)23/h5,7-8,10-11,13-16,24H,1-4,6,9,12H2. The molecule has 0 saturated heterocycles. The van der Waals surface area contributed by atoms with Gasteiger partial charge in [0, 0.05) is 4.90 Å². The van der Waals surface area contributed by atoms with Crippen molar-refractivity contribution in [1.29, 1.82) is 0 Å². The zero-order chi connectivity index (χ0) is 16.4. The third kappa shape index (κ3) is 3.23. The van der Waals surface area contributed by atoms with E-state index in [4.69, 9.17) is 12.6 Å². The van der Waals surface area contributed by atoms with Crippen LogP contribution >= 0.6 is 12.6 Å². The van der Waals surface area contributed by atoms with Crippen LogP contribution in [0.1, 0.15) is 55.2 Å². The van der Waals surface area contributed by atoms with E-state index in [0.29, 0.717) is 0 Å². The lowest BCUT2D eigenvalue weighted by Crippen LogP contribution is -1.96. The van der Waals surface area contributed by atoms with Gasteiger partial charge in [0.25, 0.3) is 0 Å². The molecule has 4 rings (SSSR count). The maximum absolute atomic E-state index is 4.70. The van der Waals surface area contributed by atoms with Crippen LogP contribution in [0, 0.1) is 0 Å². The van der Waals surface area contributed by atoms with Crippen molar-refractivity contribution < 1.29 is 0 Å². The number of hydrogen-bond acceptors (Lipinski definition) is 1. The highest BCUT2D eigenvalue weighted by molar-refractivity contribution is 7.80. The molecule has 2 aliphatic carbocycles. The Labute approximate surface area is 150 Å². The minimum atomic E-state index is 1.07. The van der Waals surface area contributed by atoms with E-state index in [-0.39, 0.29) is 0 Å². The summed E-state index contributed by atoms with van der Waals surface area (Å²) < 4.78 is 0. The van der Waals surface area contributed by atoms with Crippen LogP contribution < -0.4 is 0 Å². The van der Waals surface area contributed by atoms with E-state index in [0.717, 1.165) is 11.3 Å². The molecule has 2 aromatic rings. The Morgan fingerprint density at radius 3 is 2.62 bits per heavy atom. The first-order chi connectivity index (χ1) is 11.8. The molecule has 0 heterocycles. The molecule has 0 saturated carbocycles. The van der Waals surface area contributed by atoms with Crippen molar-refractivity contribution in [3.63, 3.8) is 0 Å². The van der Waals surface area contributed by atoms with Gasteiger partial charge in [-0.15, -0.1) is 12.6 Å². The molecular formula is C23H24S. The van der Waals surface area contributed by atoms with Gasteiger partial charge in [-0.2, -0.15) is 0 Å². The van der Waals surface area contributed by atoms with E-state index in [2.05, 4.69) is 54.6 Å². The first-order valence-corrected chi connectivity index (χ1v) is 9.58. The summed E-state index contributed by atoms with van der Waals surface area (Å²) in [5.74, 6) is 0. The van der Waals surface area contributed by atoms with E-state index >= 15 is 0 Å². The van der Waals surface area contributed by atoms with Gasteiger partial charge < -0.3 is 0 Å². The molecule has 122 valence electrons. The largest absolute Gasteiger partial charge is 0.143 e. The van der Waals surface area contributed by atoms with E-state index in [1.54, 1.807) is 0 Å². The van der Waals surface area contributed by atoms with Gasteiger partial charge in [0.15, 0.2) is 0 Å². The zero-order valence-electron chi connectivity index (χ0n) is 14.1. The van der Waals surface area contributed by atoms with Gasteiger partial charge in [0.2, 0.25) is 0 Å². The predicted molar refractivity (Wildman–Crippen MR) is 108 cm³/mol. The van der Waals surface area contributed by atoms with Crippen molar-refractivity contribution in [2.45, 2.75) is 49.8 Å². The topological polar surface area (TPSA) is 0 Å². The van der Waals surface area contributed by atoms with Crippen LogP contribution in [0.2, 0.25) is 0 Å². The first-order valence-electron chi connectivity index (χ1n) is 9.13. The van der Waals surface area contributed by atoms with E-state index < -0.39 is 0 Å². The average molecular weight is 333 g/mol. The number of hydrogen-bond donors (Lipinski definition) is 1. The highest BCUT2D eigenvalue weighted by Crippen LogP contribution is 2.35. The van der Waals surface area contributed by atoms with Gasteiger partial charge in [-0.05, 0) is 96.5 Å². The fourth-order valence-corrected chi connectivity index (χ4v) is 4.25. The number of fused-ring (bicyclic) bond motifs is 1. The normalized spacial score (nSPS) is 17.1. The molecule has 24 heavy (non-hydrogen) atoms. The molecule has 2 aromatic carbocycles. The van der Waals surface area contributed by atoms with Crippen LogP contribution in [0.25, 0.3) is 22.8 Å². The fraction of sp³-hybridized carbons (Fsp3) is 0.304. The first kappa shape index (κ1) is 15.8.